The van der Waals surface area contributed by atoms with Crippen LogP contribution in [0.4, 0.5) is 4.39 Å². The molecule has 1 saturated carbocycles. The number of piperidine rings is 2. The second kappa shape index (κ2) is 9.77. The first-order valence-electron chi connectivity index (χ1n) is 12.9. The molecule has 5 nitrogen and oxygen atoms in total. The van der Waals surface area contributed by atoms with Gasteiger partial charge in [-0.05, 0) is 47.9 Å². The fourth-order valence-corrected chi connectivity index (χ4v) is 6.13. The van der Waals surface area contributed by atoms with Gasteiger partial charge in [0.2, 0.25) is 5.89 Å². The highest BCUT2D eigenvalue weighted by molar-refractivity contribution is 5.41. The van der Waals surface area contributed by atoms with E-state index in [9.17, 15) is 9.50 Å². The molecule has 0 amide bonds. The van der Waals surface area contributed by atoms with Gasteiger partial charge in [-0.1, -0.05) is 66.7 Å². The second-order valence-corrected chi connectivity index (χ2v) is 10.5. The van der Waals surface area contributed by atoms with E-state index in [0.29, 0.717) is 35.4 Å². The average molecular weight is 499 g/mol. The van der Waals surface area contributed by atoms with E-state index in [0.717, 1.165) is 38.0 Å². The van der Waals surface area contributed by atoms with Gasteiger partial charge in [-0.3, -0.25) is 0 Å². The molecule has 3 heterocycles. The smallest absolute Gasteiger partial charge is 0.235 e. The van der Waals surface area contributed by atoms with Gasteiger partial charge in [0.1, 0.15) is 17.3 Å². The molecule has 3 aromatic carbocycles. The molecule has 3 atom stereocenters. The summed E-state index contributed by atoms with van der Waals surface area (Å²) < 4.78 is 25.9. The minimum Gasteiger partial charge on any atom is -0.493 e. The zero-order valence-electron chi connectivity index (χ0n) is 20.6. The summed E-state index contributed by atoms with van der Waals surface area (Å²) in [4.78, 5) is 4.59. The molecule has 4 aromatic rings. The van der Waals surface area contributed by atoms with Crippen LogP contribution in [-0.4, -0.2) is 29.3 Å². The zero-order valence-corrected chi connectivity index (χ0v) is 20.6. The van der Waals surface area contributed by atoms with Crippen molar-refractivity contribution in [2.75, 3.05) is 13.2 Å². The molecular weight excluding hydrogens is 467 g/mol. The summed E-state index contributed by atoms with van der Waals surface area (Å²) in [7, 11) is 0. The predicted octanol–water partition coefficient (Wildman–Crippen LogP) is 5.48. The number of rotatable bonds is 8. The van der Waals surface area contributed by atoms with Crippen LogP contribution in [0.25, 0.3) is 0 Å². The highest BCUT2D eigenvalue weighted by Gasteiger charge is 2.47. The fraction of sp³-hybridized carbons (Fsp3) is 0.323. The number of aliphatic hydroxyl groups is 1. The largest absolute Gasteiger partial charge is 0.493 e. The summed E-state index contributed by atoms with van der Waals surface area (Å²) in [6.45, 7) is 1.46. The molecule has 2 saturated heterocycles. The Balaban J connectivity index is 1.22. The minimum absolute atomic E-state index is 0.0269. The Hall–Kier alpha value is -3.48. The van der Waals surface area contributed by atoms with Crippen molar-refractivity contribution in [1.29, 1.82) is 0 Å². The number of nitrogens with zero attached hydrogens (tertiary/aromatic N) is 1. The van der Waals surface area contributed by atoms with Crippen molar-refractivity contribution in [3.05, 3.63) is 120 Å². The van der Waals surface area contributed by atoms with Gasteiger partial charge >= 0.3 is 0 Å². The first-order chi connectivity index (χ1) is 18.0. The lowest BCUT2D eigenvalue weighted by Crippen LogP contribution is -2.58. The van der Waals surface area contributed by atoms with Gasteiger partial charge in [0, 0.05) is 31.0 Å². The van der Waals surface area contributed by atoms with E-state index in [-0.39, 0.29) is 17.1 Å². The first kappa shape index (κ1) is 23.9. The number of halogens is 1. The maximum Gasteiger partial charge on any atom is 0.235 e. The van der Waals surface area contributed by atoms with Crippen molar-refractivity contribution in [1.82, 2.24) is 10.3 Å². The SMILES string of the molecule is OC(c1ccccc1)(c1ccccc1)c1ncc(CC23CCC(NC2)C(COc2cccc(F)c2)C3)o1. The van der Waals surface area contributed by atoms with Crippen LogP contribution in [0.1, 0.15) is 42.0 Å². The molecule has 7 rings (SSSR count). The molecule has 0 spiro atoms. The quantitative estimate of drug-likeness (QED) is 0.337. The second-order valence-electron chi connectivity index (χ2n) is 10.5. The summed E-state index contributed by atoms with van der Waals surface area (Å²) in [5.74, 6) is 1.66. The van der Waals surface area contributed by atoms with Crippen molar-refractivity contribution < 1.29 is 18.7 Å². The van der Waals surface area contributed by atoms with Crippen molar-refractivity contribution in [2.45, 2.75) is 37.3 Å². The number of hydrogen-bond donors (Lipinski definition) is 2. The molecular formula is C31H31FN2O3. The standard InChI is InChI=1S/C31H31FN2O3/c32-25-12-7-13-26(16-25)36-20-22-17-30(15-14-28(22)34-21-30)18-27-19-33-29(37-27)31(35,23-8-3-1-4-9-23)24-10-5-2-6-11-24/h1-13,16,19,22,28,34-35H,14-15,17-18,20-21H2. The summed E-state index contributed by atoms with van der Waals surface area (Å²) >= 11 is 0. The molecule has 3 unspecified atom stereocenters. The van der Waals surface area contributed by atoms with Crippen LogP contribution in [0.15, 0.2) is 95.5 Å². The maximum atomic E-state index is 13.6. The highest BCUT2D eigenvalue weighted by atomic mass is 19.1. The molecule has 3 fully saturated rings. The molecule has 1 aliphatic carbocycles. The number of benzene rings is 3. The van der Waals surface area contributed by atoms with Crippen molar-refractivity contribution in [3.63, 3.8) is 0 Å². The number of ether oxygens (including phenoxy) is 1. The number of aromatic nitrogens is 1. The summed E-state index contributed by atoms with van der Waals surface area (Å²) in [6.07, 6.45) is 5.66. The van der Waals surface area contributed by atoms with E-state index >= 15 is 0 Å². The summed E-state index contributed by atoms with van der Waals surface area (Å²) in [5, 5.41) is 15.7. The molecule has 1 aromatic heterocycles. The van der Waals surface area contributed by atoms with Gasteiger partial charge in [0.05, 0.1) is 12.8 Å². The van der Waals surface area contributed by atoms with Crippen molar-refractivity contribution in [3.8, 4) is 5.75 Å². The zero-order chi connectivity index (χ0) is 25.3. The van der Waals surface area contributed by atoms with Crippen LogP contribution in [0.2, 0.25) is 0 Å². The Labute approximate surface area is 216 Å². The van der Waals surface area contributed by atoms with E-state index in [1.54, 1.807) is 18.3 Å². The lowest BCUT2D eigenvalue weighted by Gasteiger charge is -2.51. The highest BCUT2D eigenvalue weighted by Crippen LogP contribution is 2.46. The summed E-state index contributed by atoms with van der Waals surface area (Å²) in [6, 6.07) is 25.8. The molecule has 37 heavy (non-hydrogen) atoms. The van der Waals surface area contributed by atoms with Crippen LogP contribution in [0.5, 0.6) is 5.75 Å². The Kier molecular flexibility index (Phi) is 6.31. The van der Waals surface area contributed by atoms with E-state index in [1.807, 2.05) is 60.7 Å². The van der Waals surface area contributed by atoms with Gasteiger partial charge in [0.25, 0.3) is 0 Å². The molecule has 2 N–H and O–H groups in total. The van der Waals surface area contributed by atoms with E-state index in [2.05, 4.69) is 10.3 Å². The molecule has 0 radical (unpaired) electrons. The lowest BCUT2D eigenvalue weighted by atomic mass is 9.62. The van der Waals surface area contributed by atoms with E-state index in [4.69, 9.17) is 9.15 Å². The van der Waals surface area contributed by atoms with Crippen LogP contribution < -0.4 is 10.1 Å². The molecule has 2 aliphatic heterocycles. The van der Waals surface area contributed by atoms with Gasteiger partial charge in [-0.15, -0.1) is 0 Å². The maximum absolute atomic E-state index is 13.6. The van der Waals surface area contributed by atoms with Crippen LogP contribution in [0, 0.1) is 17.2 Å². The Bertz CT molecular complexity index is 1290. The van der Waals surface area contributed by atoms with Gasteiger partial charge in [-0.25, -0.2) is 9.37 Å². The van der Waals surface area contributed by atoms with Crippen molar-refractivity contribution in [2.24, 2.45) is 11.3 Å². The number of oxazole rings is 1. The topological polar surface area (TPSA) is 67.5 Å². The first-order valence-corrected chi connectivity index (χ1v) is 12.9. The lowest BCUT2D eigenvalue weighted by molar-refractivity contribution is 0.0168. The molecule has 2 bridgehead atoms. The number of fused-ring (bicyclic) bond motifs is 3. The van der Waals surface area contributed by atoms with E-state index in [1.165, 1.54) is 12.1 Å². The van der Waals surface area contributed by atoms with Crippen LogP contribution >= 0.6 is 0 Å². The number of hydrogen-bond acceptors (Lipinski definition) is 5. The summed E-state index contributed by atoms with van der Waals surface area (Å²) in [5.41, 5.74) is -0.0363. The monoisotopic (exact) mass is 498 g/mol. The molecule has 3 aliphatic rings. The molecule has 190 valence electrons. The minimum atomic E-state index is -1.48. The van der Waals surface area contributed by atoms with Gasteiger partial charge < -0.3 is 19.6 Å². The average Bonchev–Trinajstić information content (AvgIpc) is 3.41. The third-order valence-corrected chi connectivity index (χ3v) is 8.04. The van der Waals surface area contributed by atoms with E-state index < -0.39 is 5.60 Å². The van der Waals surface area contributed by atoms with Crippen LogP contribution in [-0.2, 0) is 12.0 Å². The normalized spacial score (nSPS) is 23.2. The predicted molar refractivity (Wildman–Crippen MR) is 139 cm³/mol. The Morgan fingerprint density at radius 1 is 1.03 bits per heavy atom. The third-order valence-electron chi connectivity index (χ3n) is 8.04. The molecule has 6 heteroatoms. The third kappa shape index (κ3) is 4.67. The fourth-order valence-electron chi connectivity index (χ4n) is 6.13. The Morgan fingerprint density at radius 2 is 1.76 bits per heavy atom. The van der Waals surface area contributed by atoms with Crippen molar-refractivity contribution >= 4 is 0 Å². The van der Waals surface area contributed by atoms with Gasteiger partial charge in [0.15, 0.2) is 5.60 Å². The Morgan fingerprint density at radius 3 is 2.41 bits per heavy atom. The van der Waals surface area contributed by atoms with Crippen LogP contribution in [0.3, 0.4) is 0 Å². The van der Waals surface area contributed by atoms with Gasteiger partial charge in [-0.2, -0.15) is 0 Å². The number of nitrogens with one attached hydrogen (secondary N) is 1.